The number of anilines is 1. The lowest BCUT2D eigenvalue weighted by Gasteiger charge is -2.20. The van der Waals surface area contributed by atoms with Gasteiger partial charge in [-0.1, -0.05) is 19.1 Å². The maximum absolute atomic E-state index is 12.9. The number of aryl methyl sites for hydroxylation is 2. The highest BCUT2D eigenvalue weighted by molar-refractivity contribution is 6.03. The molecule has 1 N–H and O–H groups in total. The fraction of sp³-hybridized carbons (Fsp3) is 0.364. The molecule has 0 heterocycles. The summed E-state index contributed by atoms with van der Waals surface area (Å²) >= 11 is 0. The maximum atomic E-state index is 12.9. The second kappa shape index (κ2) is 9.82. The average molecular weight is 401 g/mol. The summed E-state index contributed by atoms with van der Waals surface area (Å²) < 4.78 is 21.3. The largest absolute Gasteiger partial charge is 0.493 e. The Hall–Kier alpha value is -3.22. The molecule has 0 fully saturated rings. The molecule has 7 heteroatoms. The third-order valence-corrected chi connectivity index (χ3v) is 4.46. The number of methoxy groups -OCH3 is 3. The topological polar surface area (TPSA) is 83.1 Å². The summed E-state index contributed by atoms with van der Waals surface area (Å²) in [6, 6.07) is 8.80. The van der Waals surface area contributed by atoms with Crippen molar-refractivity contribution in [3.05, 3.63) is 47.0 Å². The summed E-state index contributed by atoms with van der Waals surface area (Å²) in [6.07, 6.45) is -0.297. The number of rotatable bonds is 8. The van der Waals surface area contributed by atoms with E-state index >= 15 is 0 Å². The summed E-state index contributed by atoms with van der Waals surface area (Å²) in [5.74, 6) is 0.381. The Balaban J connectivity index is 2.33. The van der Waals surface area contributed by atoms with Crippen molar-refractivity contribution in [1.82, 2.24) is 0 Å². The van der Waals surface area contributed by atoms with Crippen LogP contribution in [0.2, 0.25) is 0 Å². The molecule has 2 aromatic carbocycles. The lowest BCUT2D eigenvalue weighted by molar-refractivity contribution is -0.122. The first-order valence-electron chi connectivity index (χ1n) is 9.23. The molecule has 156 valence electrons. The highest BCUT2D eigenvalue weighted by Gasteiger charge is 2.24. The van der Waals surface area contributed by atoms with Crippen LogP contribution in [0.1, 0.15) is 34.8 Å². The van der Waals surface area contributed by atoms with Crippen molar-refractivity contribution in [1.29, 1.82) is 0 Å². The summed E-state index contributed by atoms with van der Waals surface area (Å²) in [5.41, 5.74) is 2.37. The van der Waals surface area contributed by atoms with Crippen LogP contribution in [0, 0.1) is 13.8 Å². The molecule has 0 aromatic heterocycles. The fourth-order valence-electron chi connectivity index (χ4n) is 2.78. The van der Waals surface area contributed by atoms with Crippen molar-refractivity contribution in [2.24, 2.45) is 0 Å². The van der Waals surface area contributed by atoms with Gasteiger partial charge in [0, 0.05) is 12.1 Å². The lowest BCUT2D eigenvalue weighted by atomic mass is 10.1. The van der Waals surface area contributed by atoms with Crippen LogP contribution in [0.4, 0.5) is 5.69 Å². The Morgan fingerprint density at radius 1 is 0.966 bits per heavy atom. The van der Waals surface area contributed by atoms with Crippen LogP contribution >= 0.6 is 0 Å². The smallest absolute Gasteiger partial charge is 0.340 e. The molecule has 0 radical (unpaired) electrons. The van der Waals surface area contributed by atoms with E-state index in [-0.39, 0.29) is 17.2 Å². The number of benzene rings is 2. The van der Waals surface area contributed by atoms with E-state index in [1.807, 2.05) is 39.0 Å². The predicted molar refractivity (Wildman–Crippen MR) is 110 cm³/mol. The van der Waals surface area contributed by atoms with Gasteiger partial charge in [0.25, 0.3) is 5.91 Å². The number of esters is 1. The quantitative estimate of drug-likeness (QED) is 0.676. The number of carbonyl (C=O) groups is 2. The zero-order chi connectivity index (χ0) is 21.6. The molecule has 0 spiro atoms. The minimum absolute atomic E-state index is 0.153. The van der Waals surface area contributed by atoms with Crippen LogP contribution in [0.3, 0.4) is 0 Å². The van der Waals surface area contributed by atoms with E-state index < -0.39 is 12.1 Å². The normalized spacial score (nSPS) is 11.4. The van der Waals surface area contributed by atoms with E-state index in [9.17, 15) is 9.59 Å². The molecule has 2 rings (SSSR count). The van der Waals surface area contributed by atoms with Crippen molar-refractivity contribution in [3.63, 3.8) is 0 Å². The molecule has 0 saturated carbocycles. The minimum Gasteiger partial charge on any atom is -0.493 e. The molecule has 0 saturated heterocycles. The van der Waals surface area contributed by atoms with Gasteiger partial charge in [0.1, 0.15) is 5.75 Å². The van der Waals surface area contributed by atoms with E-state index in [1.165, 1.54) is 33.5 Å². The number of hydrogen-bond acceptors (Lipinski definition) is 6. The number of nitrogens with one attached hydrogen (secondary N) is 1. The Labute approximate surface area is 170 Å². The summed E-state index contributed by atoms with van der Waals surface area (Å²) in [4.78, 5) is 25.1. The minimum atomic E-state index is -0.742. The highest BCUT2D eigenvalue weighted by Crippen LogP contribution is 2.34. The lowest BCUT2D eigenvalue weighted by Crippen LogP contribution is -2.33. The molecule has 0 bridgehead atoms. The second-order valence-electron chi connectivity index (χ2n) is 6.52. The molecular formula is C22H27NO6. The molecule has 0 aliphatic carbocycles. The first-order valence-corrected chi connectivity index (χ1v) is 9.23. The van der Waals surface area contributed by atoms with Crippen LogP contribution in [0.15, 0.2) is 30.3 Å². The van der Waals surface area contributed by atoms with Gasteiger partial charge in [-0.2, -0.15) is 0 Å². The monoisotopic (exact) mass is 401 g/mol. The van der Waals surface area contributed by atoms with E-state index in [0.29, 0.717) is 23.7 Å². The molecular weight excluding hydrogens is 374 g/mol. The van der Waals surface area contributed by atoms with Gasteiger partial charge < -0.3 is 24.3 Å². The van der Waals surface area contributed by atoms with Gasteiger partial charge in [-0.15, -0.1) is 0 Å². The fourth-order valence-corrected chi connectivity index (χ4v) is 2.78. The molecule has 0 aliphatic rings. The van der Waals surface area contributed by atoms with Gasteiger partial charge in [0.15, 0.2) is 17.6 Å². The van der Waals surface area contributed by atoms with Crippen molar-refractivity contribution in [3.8, 4) is 17.2 Å². The molecule has 0 aliphatic heterocycles. The van der Waals surface area contributed by atoms with Gasteiger partial charge in [-0.3, -0.25) is 4.79 Å². The van der Waals surface area contributed by atoms with Crippen LogP contribution in [0.25, 0.3) is 0 Å². The maximum Gasteiger partial charge on any atom is 0.340 e. The predicted octanol–water partition coefficient (Wildman–Crippen LogP) is 3.90. The molecule has 1 amide bonds. The van der Waals surface area contributed by atoms with E-state index in [4.69, 9.17) is 18.9 Å². The SMILES string of the molecule is CC[C@@H](Oc1cc(C)ccc1C)C(=O)Nc1cc(OC)c(OC)cc1C(=O)OC. The molecule has 2 aromatic rings. The summed E-state index contributed by atoms with van der Waals surface area (Å²) in [5, 5.41) is 2.76. The number of amides is 1. The number of carbonyl (C=O) groups excluding carboxylic acids is 2. The van der Waals surface area contributed by atoms with Crippen LogP contribution in [-0.2, 0) is 9.53 Å². The third kappa shape index (κ3) is 5.19. The molecule has 29 heavy (non-hydrogen) atoms. The van der Waals surface area contributed by atoms with Gasteiger partial charge in [0.05, 0.1) is 32.6 Å². The zero-order valence-electron chi connectivity index (χ0n) is 17.6. The Morgan fingerprint density at radius 2 is 1.62 bits per heavy atom. The van der Waals surface area contributed by atoms with E-state index in [1.54, 1.807) is 0 Å². The first-order chi connectivity index (χ1) is 13.8. The van der Waals surface area contributed by atoms with Gasteiger partial charge in [-0.05, 0) is 37.5 Å². The molecule has 1 atom stereocenters. The van der Waals surface area contributed by atoms with Crippen molar-refractivity contribution < 1.29 is 28.5 Å². The third-order valence-electron chi connectivity index (χ3n) is 4.46. The van der Waals surface area contributed by atoms with Gasteiger partial charge >= 0.3 is 5.97 Å². The Bertz CT molecular complexity index is 893. The average Bonchev–Trinajstić information content (AvgIpc) is 2.73. The van der Waals surface area contributed by atoms with Crippen molar-refractivity contribution in [2.45, 2.75) is 33.3 Å². The Kier molecular flexibility index (Phi) is 7.47. The van der Waals surface area contributed by atoms with Crippen molar-refractivity contribution >= 4 is 17.6 Å². The van der Waals surface area contributed by atoms with E-state index in [0.717, 1.165) is 11.1 Å². The van der Waals surface area contributed by atoms with Gasteiger partial charge in [-0.25, -0.2) is 4.79 Å². The summed E-state index contributed by atoms with van der Waals surface area (Å²) in [7, 11) is 4.20. The molecule has 0 unspecified atom stereocenters. The first kappa shape index (κ1) is 22.1. The Morgan fingerprint density at radius 3 is 2.21 bits per heavy atom. The molecule has 7 nitrogen and oxygen atoms in total. The number of hydrogen-bond donors (Lipinski definition) is 1. The van der Waals surface area contributed by atoms with Crippen LogP contribution in [0.5, 0.6) is 17.2 Å². The van der Waals surface area contributed by atoms with Crippen LogP contribution in [-0.4, -0.2) is 39.3 Å². The van der Waals surface area contributed by atoms with E-state index in [2.05, 4.69) is 5.32 Å². The van der Waals surface area contributed by atoms with Crippen molar-refractivity contribution in [2.75, 3.05) is 26.6 Å². The standard InChI is InChI=1S/C22H27NO6/c1-7-17(29-18-10-13(2)8-9-14(18)3)21(24)23-16-12-20(27-5)19(26-4)11-15(16)22(25)28-6/h8-12,17H,7H2,1-6H3,(H,23,24)/t17-/m1/s1. The highest BCUT2D eigenvalue weighted by atomic mass is 16.5. The van der Waals surface area contributed by atoms with Gasteiger partial charge in [0.2, 0.25) is 0 Å². The summed E-state index contributed by atoms with van der Waals surface area (Å²) in [6.45, 7) is 5.73. The second-order valence-corrected chi connectivity index (χ2v) is 6.52. The zero-order valence-corrected chi connectivity index (χ0v) is 17.6. The van der Waals surface area contributed by atoms with Crippen LogP contribution < -0.4 is 19.5 Å². The number of ether oxygens (including phenoxy) is 4.